The summed E-state index contributed by atoms with van der Waals surface area (Å²) in [7, 11) is 0. The van der Waals surface area contributed by atoms with Crippen molar-refractivity contribution in [2.24, 2.45) is 0 Å². The van der Waals surface area contributed by atoms with Crippen LogP contribution in [0, 0.1) is 0 Å². The highest BCUT2D eigenvalue weighted by atomic mass is 16.7. The molecule has 1 unspecified atom stereocenters. The molecule has 13 heavy (non-hydrogen) atoms. The van der Waals surface area contributed by atoms with E-state index < -0.39 is 18.0 Å². The summed E-state index contributed by atoms with van der Waals surface area (Å²) < 4.78 is 4.53. The van der Waals surface area contributed by atoms with Gasteiger partial charge in [-0.15, -0.1) is 0 Å². The van der Waals surface area contributed by atoms with Gasteiger partial charge in [-0.05, 0) is 13.3 Å². The Balaban J connectivity index is 4.22. The number of hydrogen-bond acceptors (Lipinski definition) is 5. The molecule has 0 aromatic rings. The van der Waals surface area contributed by atoms with E-state index in [0.717, 1.165) is 6.08 Å². The molecule has 0 saturated carbocycles. The fourth-order valence-electron chi connectivity index (χ4n) is 0.752. The van der Waals surface area contributed by atoms with Gasteiger partial charge in [0.15, 0.2) is 6.10 Å². The monoisotopic (exact) mass is 190 g/mol. The van der Waals surface area contributed by atoms with Crippen molar-refractivity contribution in [3.63, 3.8) is 0 Å². The second-order valence-corrected chi connectivity index (χ2v) is 2.52. The molecule has 3 N–H and O–H groups in total. The SMILES string of the molecule is CC=CC(=O)OC(CC)C(O)(O)O. The normalized spacial score (nSPS) is 14.5. The summed E-state index contributed by atoms with van der Waals surface area (Å²) >= 11 is 0. The van der Waals surface area contributed by atoms with Crippen LogP contribution in [0.1, 0.15) is 20.3 Å². The third kappa shape index (κ3) is 4.62. The Bertz CT molecular complexity index is 191. The Kier molecular flexibility index (Phi) is 4.61. The number of rotatable bonds is 4. The van der Waals surface area contributed by atoms with Gasteiger partial charge in [0.05, 0.1) is 0 Å². The Hall–Kier alpha value is -0.910. The first kappa shape index (κ1) is 12.1. The molecule has 0 aromatic heterocycles. The van der Waals surface area contributed by atoms with E-state index in [9.17, 15) is 4.79 Å². The number of ether oxygens (including phenoxy) is 1. The van der Waals surface area contributed by atoms with Crippen molar-refractivity contribution in [1.29, 1.82) is 0 Å². The third-order valence-corrected chi connectivity index (χ3v) is 1.36. The van der Waals surface area contributed by atoms with E-state index in [1.807, 2.05) is 0 Å². The molecule has 0 spiro atoms. The molecule has 76 valence electrons. The van der Waals surface area contributed by atoms with Crippen molar-refractivity contribution in [3.8, 4) is 0 Å². The molecule has 0 saturated heterocycles. The lowest BCUT2D eigenvalue weighted by Gasteiger charge is -2.23. The van der Waals surface area contributed by atoms with Gasteiger partial charge >= 0.3 is 11.9 Å². The minimum absolute atomic E-state index is 0.104. The fraction of sp³-hybridized carbons (Fsp3) is 0.625. The van der Waals surface area contributed by atoms with Gasteiger partial charge in [0.2, 0.25) is 0 Å². The standard InChI is InChI=1S/C8H14O5/c1-3-5-7(9)13-6(4-2)8(10,11)12/h3,5-6,10-12H,4H2,1-2H3. The molecule has 0 aromatic carbocycles. The van der Waals surface area contributed by atoms with Crippen molar-refractivity contribution in [3.05, 3.63) is 12.2 Å². The minimum Gasteiger partial charge on any atom is -0.451 e. The van der Waals surface area contributed by atoms with E-state index in [2.05, 4.69) is 4.74 Å². The fourth-order valence-corrected chi connectivity index (χ4v) is 0.752. The minimum atomic E-state index is -2.98. The molecular formula is C8H14O5. The Morgan fingerprint density at radius 1 is 1.54 bits per heavy atom. The van der Waals surface area contributed by atoms with E-state index in [-0.39, 0.29) is 6.42 Å². The quantitative estimate of drug-likeness (QED) is 0.316. The molecule has 5 heteroatoms. The predicted octanol–water partition coefficient (Wildman–Crippen LogP) is -0.485. The molecule has 0 heterocycles. The molecule has 1 atom stereocenters. The second-order valence-electron chi connectivity index (χ2n) is 2.52. The average molecular weight is 190 g/mol. The van der Waals surface area contributed by atoms with Crippen LogP contribution < -0.4 is 0 Å². The van der Waals surface area contributed by atoms with Crippen LogP contribution in [0.5, 0.6) is 0 Å². The van der Waals surface area contributed by atoms with E-state index in [4.69, 9.17) is 15.3 Å². The third-order valence-electron chi connectivity index (χ3n) is 1.36. The van der Waals surface area contributed by atoms with Crippen LogP contribution in [0.3, 0.4) is 0 Å². The maximum absolute atomic E-state index is 10.8. The Morgan fingerprint density at radius 2 is 2.08 bits per heavy atom. The van der Waals surface area contributed by atoms with E-state index >= 15 is 0 Å². The molecule has 0 aliphatic heterocycles. The maximum Gasteiger partial charge on any atom is 0.330 e. The van der Waals surface area contributed by atoms with Gasteiger partial charge in [0.1, 0.15) is 0 Å². The maximum atomic E-state index is 10.8. The van der Waals surface area contributed by atoms with E-state index in [1.165, 1.54) is 6.08 Å². The number of esters is 1. The van der Waals surface area contributed by atoms with Crippen molar-refractivity contribution in [2.45, 2.75) is 32.3 Å². The first-order valence-electron chi connectivity index (χ1n) is 3.92. The summed E-state index contributed by atoms with van der Waals surface area (Å²) in [6, 6.07) is 0. The van der Waals surface area contributed by atoms with Gasteiger partial charge in [-0.1, -0.05) is 13.0 Å². The topological polar surface area (TPSA) is 87.0 Å². The highest BCUT2D eigenvalue weighted by molar-refractivity contribution is 5.81. The molecule has 0 amide bonds. The van der Waals surface area contributed by atoms with Crippen molar-refractivity contribution >= 4 is 5.97 Å². The zero-order valence-electron chi connectivity index (χ0n) is 7.60. The van der Waals surface area contributed by atoms with Crippen LogP contribution in [0.15, 0.2) is 12.2 Å². The molecule has 0 radical (unpaired) electrons. The summed E-state index contributed by atoms with van der Waals surface area (Å²) in [6.45, 7) is 3.16. The van der Waals surface area contributed by atoms with E-state index in [1.54, 1.807) is 13.8 Å². The first-order chi connectivity index (χ1) is 5.91. The summed E-state index contributed by atoms with van der Waals surface area (Å²) in [5.41, 5.74) is 0. The van der Waals surface area contributed by atoms with Crippen LogP contribution in [0.4, 0.5) is 0 Å². The first-order valence-corrected chi connectivity index (χ1v) is 3.92. The molecule has 5 nitrogen and oxygen atoms in total. The van der Waals surface area contributed by atoms with Gasteiger partial charge in [0, 0.05) is 6.08 Å². The van der Waals surface area contributed by atoms with Gasteiger partial charge in [-0.3, -0.25) is 0 Å². The van der Waals surface area contributed by atoms with Crippen molar-refractivity contribution in [2.75, 3.05) is 0 Å². The summed E-state index contributed by atoms with van der Waals surface area (Å²) in [5, 5.41) is 26.1. The smallest absolute Gasteiger partial charge is 0.330 e. The lowest BCUT2D eigenvalue weighted by molar-refractivity contribution is -0.355. The number of carbonyl (C=O) groups excluding carboxylic acids is 1. The molecule has 0 rings (SSSR count). The van der Waals surface area contributed by atoms with E-state index in [0.29, 0.717) is 0 Å². The highest BCUT2D eigenvalue weighted by Crippen LogP contribution is 2.11. The van der Waals surface area contributed by atoms with Crippen molar-refractivity contribution in [1.82, 2.24) is 0 Å². The van der Waals surface area contributed by atoms with Crippen LogP contribution in [-0.4, -0.2) is 33.4 Å². The van der Waals surface area contributed by atoms with Crippen LogP contribution in [-0.2, 0) is 9.53 Å². The Morgan fingerprint density at radius 3 is 2.38 bits per heavy atom. The number of allylic oxidation sites excluding steroid dienone is 1. The second kappa shape index (κ2) is 4.96. The van der Waals surface area contributed by atoms with Gasteiger partial charge in [-0.25, -0.2) is 4.79 Å². The number of carbonyl (C=O) groups is 1. The van der Waals surface area contributed by atoms with Gasteiger partial charge in [0.25, 0.3) is 0 Å². The average Bonchev–Trinajstić information content (AvgIpc) is 1.98. The number of aliphatic hydroxyl groups is 3. The Labute approximate surface area is 76.3 Å². The lowest BCUT2D eigenvalue weighted by Crippen LogP contribution is -2.44. The predicted molar refractivity (Wildman–Crippen MR) is 44.4 cm³/mol. The van der Waals surface area contributed by atoms with Crippen LogP contribution >= 0.6 is 0 Å². The highest BCUT2D eigenvalue weighted by Gasteiger charge is 2.33. The lowest BCUT2D eigenvalue weighted by atomic mass is 10.2. The summed E-state index contributed by atoms with van der Waals surface area (Å²) in [4.78, 5) is 10.8. The number of hydrogen-bond donors (Lipinski definition) is 3. The van der Waals surface area contributed by atoms with Crippen LogP contribution in [0.25, 0.3) is 0 Å². The summed E-state index contributed by atoms with van der Waals surface area (Å²) in [6.07, 6.45) is 1.33. The molecule has 0 fully saturated rings. The zero-order valence-corrected chi connectivity index (χ0v) is 7.60. The molecule has 0 aliphatic rings. The van der Waals surface area contributed by atoms with Gasteiger partial charge in [-0.2, -0.15) is 0 Å². The van der Waals surface area contributed by atoms with Gasteiger partial charge < -0.3 is 20.1 Å². The van der Waals surface area contributed by atoms with Crippen molar-refractivity contribution < 1.29 is 24.9 Å². The molecule has 0 bridgehead atoms. The zero-order chi connectivity index (χ0) is 10.5. The molecule has 0 aliphatic carbocycles. The van der Waals surface area contributed by atoms with Crippen LogP contribution in [0.2, 0.25) is 0 Å². The molecular weight excluding hydrogens is 176 g/mol. The summed E-state index contributed by atoms with van der Waals surface area (Å²) in [5.74, 6) is -3.71. The largest absolute Gasteiger partial charge is 0.451 e.